The molecule has 0 saturated carbocycles. The van der Waals surface area contributed by atoms with Crippen molar-refractivity contribution in [3.63, 3.8) is 0 Å². The third-order valence-electron chi connectivity index (χ3n) is 5.26. The summed E-state index contributed by atoms with van der Waals surface area (Å²) in [4.78, 5) is 25.1. The predicted molar refractivity (Wildman–Crippen MR) is 149 cm³/mol. The topological polar surface area (TPSA) is 128 Å². The van der Waals surface area contributed by atoms with Crippen molar-refractivity contribution in [3.05, 3.63) is 108 Å². The summed E-state index contributed by atoms with van der Waals surface area (Å²) in [5.41, 5.74) is 3.65. The molecule has 0 aliphatic heterocycles. The highest BCUT2D eigenvalue weighted by Gasteiger charge is 2.08. The van der Waals surface area contributed by atoms with Gasteiger partial charge >= 0.3 is 0 Å². The predicted octanol–water partition coefficient (Wildman–Crippen LogP) is 7.02. The van der Waals surface area contributed by atoms with E-state index >= 15 is 0 Å². The lowest BCUT2D eigenvalue weighted by Crippen LogP contribution is -1.96. The van der Waals surface area contributed by atoms with Crippen molar-refractivity contribution >= 4 is 34.9 Å². The van der Waals surface area contributed by atoms with Crippen molar-refractivity contribution in [3.8, 4) is 22.9 Å². The summed E-state index contributed by atoms with van der Waals surface area (Å²) in [6.07, 6.45) is 8.07. The molecule has 2 N–H and O–H groups in total. The van der Waals surface area contributed by atoms with Crippen molar-refractivity contribution in [2.75, 3.05) is 10.6 Å². The van der Waals surface area contributed by atoms with Gasteiger partial charge in [-0.3, -0.25) is 0 Å². The molecule has 0 unspecified atom stereocenters. The molecule has 0 bridgehead atoms. The number of pyridine rings is 4. The third-order valence-corrected chi connectivity index (χ3v) is 5.43. The van der Waals surface area contributed by atoms with E-state index in [1.54, 1.807) is 24.8 Å². The van der Waals surface area contributed by atoms with Crippen LogP contribution >= 0.6 is 11.6 Å². The Balaban J connectivity index is 0.000000158. The molecule has 0 aliphatic rings. The third kappa shape index (κ3) is 7.02. The molecule has 10 nitrogen and oxygen atoms in total. The zero-order chi connectivity index (χ0) is 27.0. The number of oxazole rings is 2. The zero-order valence-electron chi connectivity index (χ0n) is 21.0. The lowest BCUT2D eigenvalue weighted by molar-refractivity contribution is 0.570. The molecule has 6 rings (SSSR count). The van der Waals surface area contributed by atoms with Crippen LogP contribution in [0, 0.1) is 13.8 Å². The highest BCUT2D eigenvalue weighted by molar-refractivity contribution is 6.27. The van der Waals surface area contributed by atoms with Crippen LogP contribution in [-0.2, 0) is 0 Å². The molecule has 6 aromatic heterocycles. The molecule has 6 aromatic rings. The number of nitrogens with zero attached hydrogens (tertiary/aromatic N) is 6. The first-order chi connectivity index (χ1) is 19.0. The number of hydrogen-bond donors (Lipinski definition) is 2. The molecule has 0 saturated heterocycles. The number of anilines is 4. The molecule has 0 aromatic carbocycles. The van der Waals surface area contributed by atoms with Crippen LogP contribution in [0.1, 0.15) is 11.1 Å². The number of hydrogen-bond acceptors (Lipinski definition) is 10. The maximum Gasteiger partial charge on any atom is 0.292 e. The fraction of sp³-hybridized carbons (Fsp3) is 0.0714. The number of nitrogens with one attached hydrogen (secondary N) is 2. The Labute approximate surface area is 229 Å². The molecule has 0 aliphatic carbocycles. The molecule has 39 heavy (non-hydrogen) atoms. The Morgan fingerprint density at radius 1 is 0.667 bits per heavy atom. The van der Waals surface area contributed by atoms with Crippen LogP contribution in [0.5, 0.6) is 0 Å². The van der Waals surface area contributed by atoms with Crippen molar-refractivity contribution in [1.82, 2.24) is 29.9 Å². The first kappa shape index (κ1) is 25.6. The molecule has 0 amide bonds. The summed E-state index contributed by atoms with van der Waals surface area (Å²) < 4.78 is 10.5. The van der Waals surface area contributed by atoms with E-state index in [1.807, 2.05) is 74.5 Å². The quantitative estimate of drug-likeness (QED) is 0.228. The molecule has 6 heterocycles. The first-order valence-electron chi connectivity index (χ1n) is 11.9. The lowest BCUT2D eigenvalue weighted by atomic mass is 10.3. The normalized spacial score (nSPS) is 10.4. The van der Waals surface area contributed by atoms with Gasteiger partial charge in [0, 0.05) is 12.4 Å². The summed E-state index contributed by atoms with van der Waals surface area (Å²) in [6, 6.07) is 19.0. The van der Waals surface area contributed by atoms with E-state index in [1.165, 1.54) is 6.39 Å². The summed E-state index contributed by atoms with van der Waals surface area (Å²) in [7, 11) is 0. The maximum atomic E-state index is 5.67. The van der Waals surface area contributed by atoms with Gasteiger partial charge in [-0.15, -0.1) is 0 Å². The first-order valence-corrected chi connectivity index (χ1v) is 12.2. The number of aryl methyl sites for hydroxylation is 2. The lowest BCUT2D eigenvalue weighted by Gasteiger charge is -2.06. The summed E-state index contributed by atoms with van der Waals surface area (Å²) in [6.45, 7) is 4.03. The van der Waals surface area contributed by atoms with Gasteiger partial charge in [0.25, 0.3) is 5.35 Å². The molecule has 0 fully saturated rings. The maximum absolute atomic E-state index is 5.67. The van der Waals surface area contributed by atoms with E-state index in [4.69, 9.17) is 20.4 Å². The molecule has 194 valence electrons. The Morgan fingerprint density at radius 2 is 1.26 bits per heavy atom. The standard InChI is InChI=1S/C14H11ClN4O.C14H12N4O/c1-9-5-6-16-13(7-9)19-12-4-2-3-10(18-12)11-8-17-14(15)20-11;1-10-5-6-16-14(7-10)18-13-4-2-3-11(17-13)12-8-15-9-19-12/h2-8H,1H3,(H,16,18,19);2-9H,1H3,(H,16,17,18). The van der Waals surface area contributed by atoms with Crippen LogP contribution in [0.3, 0.4) is 0 Å². The average molecular weight is 539 g/mol. The second-order valence-corrected chi connectivity index (χ2v) is 8.67. The van der Waals surface area contributed by atoms with E-state index in [0.29, 0.717) is 28.9 Å². The van der Waals surface area contributed by atoms with Gasteiger partial charge in [0.1, 0.15) is 34.7 Å². The summed E-state index contributed by atoms with van der Waals surface area (Å²) in [5.74, 6) is 4.06. The van der Waals surface area contributed by atoms with Gasteiger partial charge < -0.3 is 19.5 Å². The Bertz CT molecular complexity index is 1670. The minimum atomic E-state index is 0.0977. The Morgan fingerprint density at radius 3 is 1.74 bits per heavy atom. The van der Waals surface area contributed by atoms with Crippen LogP contribution in [0.2, 0.25) is 5.35 Å². The fourth-order valence-corrected chi connectivity index (χ4v) is 3.60. The molecule has 11 heteroatoms. The van der Waals surface area contributed by atoms with Crippen LogP contribution in [0.15, 0.2) is 101 Å². The Hall–Kier alpha value is -5.09. The molecular weight excluding hydrogens is 516 g/mol. The second kappa shape index (κ2) is 12.0. The average Bonchev–Trinajstić information content (AvgIpc) is 3.62. The van der Waals surface area contributed by atoms with Gasteiger partial charge in [-0.05, 0) is 85.1 Å². The molecule has 0 atom stereocenters. The van der Waals surface area contributed by atoms with Crippen molar-refractivity contribution in [1.29, 1.82) is 0 Å². The highest BCUT2D eigenvalue weighted by atomic mass is 35.5. The van der Waals surface area contributed by atoms with Gasteiger partial charge in [0.15, 0.2) is 17.9 Å². The van der Waals surface area contributed by atoms with Crippen LogP contribution in [0.4, 0.5) is 23.3 Å². The van der Waals surface area contributed by atoms with Crippen molar-refractivity contribution in [2.45, 2.75) is 13.8 Å². The van der Waals surface area contributed by atoms with Gasteiger partial charge in [-0.1, -0.05) is 12.1 Å². The van der Waals surface area contributed by atoms with Gasteiger partial charge in [0.2, 0.25) is 0 Å². The second-order valence-electron chi connectivity index (χ2n) is 8.35. The number of rotatable bonds is 6. The van der Waals surface area contributed by atoms with Crippen molar-refractivity contribution in [2.24, 2.45) is 0 Å². The summed E-state index contributed by atoms with van der Waals surface area (Å²) >= 11 is 5.67. The number of aromatic nitrogens is 6. The minimum Gasteiger partial charge on any atom is -0.442 e. The zero-order valence-corrected chi connectivity index (χ0v) is 21.8. The SMILES string of the molecule is Cc1ccnc(Nc2cccc(-c3cnc(Cl)o3)n2)c1.Cc1ccnc(Nc2cccc(-c3cnco3)n2)c1. The van der Waals surface area contributed by atoms with Crippen LogP contribution in [0.25, 0.3) is 22.9 Å². The minimum absolute atomic E-state index is 0.0977. The monoisotopic (exact) mass is 538 g/mol. The van der Waals surface area contributed by atoms with Gasteiger partial charge in [-0.2, -0.15) is 0 Å². The van der Waals surface area contributed by atoms with E-state index in [0.717, 1.165) is 28.5 Å². The number of halogens is 1. The largest absolute Gasteiger partial charge is 0.442 e. The Kier molecular flexibility index (Phi) is 7.84. The van der Waals surface area contributed by atoms with E-state index < -0.39 is 0 Å². The molecule has 0 radical (unpaired) electrons. The highest BCUT2D eigenvalue weighted by Crippen LogP contribution is 2.23. The fourth-order valence-electron chi connectivity index (χ4n) is 3.47. The molecular formula is C28H23ClN8O2. The van der Waals surface area contributed by atoms with E-state index in [9.17, 15) is 0 Å². The van der Waals surface area contributed by atoms with Crippen molar-refractivity contribution < 1.29 is 8.83 Å². The van der Waals surface area contributed by atoms with Gasteiger partial charge in [0.05, 0.1) is 12.4 Å². The van der Waals surface area contributed by atoms with E-state index in [-0.39, 0.29) is 5.35 Å². The van der Waals surface area contributed by atoms with Gasteiger partial charge in [-0.25, -0.2) is 29.9 Å². The molecule has 0 spiro atoms. The van der Waals surface area contributed by atoms with E-state index in [2.05, 4.69) is 40.5 Å². The van der Waals surface area contributed by atoms with Crippen LogP contribution < -0.4 is 10.6 Å². The summed E-state index contributed by atoms with van der Waals surface area (Å²) in [5, 5.41) is 6.40. The van der Waals surface area contributed by atoms with Crippen LogP contribution in [-0.4, -0.2) is 29.9 Å². The smallest absolute Gasteiger partial charge is 0.292 e.